The number of rotatable bonds is 0. The first-order chi connectivity index (χ1) is 5.54. The molecule has 2 N–H and O–H groups in total. The topological polar surface area (TPSA) is 24.1 Å². The molecule has 0 atom stereocenters. The molecule has 11 heavy (non-hydrogen) atoms. The van der Waals surface area contributed by atoms with Crippen molar-refractivity contribution in [3.8, 4) is 0 Å². The molecule has 0 aliphatic heterocycles. The van der Waals surface area contributed by atoms with E-state index in [0.717, 1.165) is 0 Å². The summed E-state index contributed by atoms with van der Waals surface area (Å²) in [5, 5.41) is 4.84. The number of hydrogen-bond donors (Lipinski definition) is 2. The zero-order valence-electron chi connectivity index (χ0n) is 7.40. The molecule has 0 saturated carbocycles. The van der Waals surface area contributed by atoms with Crippen molar-refractivity contribution >= 4 is 58.3 Å². The summed E-state index contributed by atoms with van der Waals surface area (Å²) in [6, 6.07) is 0. The first-order valence-electron chi connectivity index (χ1n) is 3.44. The average molecular weight is 270 g/mol. The van der Waals surface area contributed by atoms with E-state index in [2.05, 4.69) is 60.3 Å². The van der Waals surface area contributed by atoms with Crippen molar-refractivity contribution in [2.45, 2.75) is 0 Å². The molecule has 0 aromatic rings. The van der Waals surface area contributed by atoms with Gasteiger partial charge < -0.3 is 60.3 Å². The quantitative estimate of drug-likeness (QED) is 0.367. The average Bonchev–Trinajstić information content (AvgIpc) is 1.87. The minimum Gasteiger partial charge on any atom is -0.412 e. The van der Waals surface area contributed by atoms with Crippen molar-refractivity contribution in [1.29, 1.82) is 0 Å². The van der Waals surface area contributed by atoms with Crippen LogP contribution in [0.3, 0.4) is 0 Å². The van der Waals surface area contributed by atoms with E-state index in [4.69, 9.17) is 2.74 Å². The maximum absolute atomic E-state index is 6.47. The van der Waals surface area contributed by atoms with E-state index in [9.17, 15) is 0 Å². The predicted molar refractivity (Wildman–Crippen MR) is 58.0 cm³/mol. The van der Waals surface area contributed by atoms with Crippen LogP contribution in [0.4, 0.5) is 0 Å². The van der Waals surface area contributed by atoms with Crippen LogP contribution in [0.1, 0.15) is 2.74 Å². The van der Waals surface area contributed by atoms with Crippen LogP contribution >= 0.6 is 24.4 Å². The van der Waals surface area contributed by atoms with E-state index in [0.29, 0.717) is 0 Å². The smallest absolute Gasteiger partial charge is 0.412 e. The largest absolute Gasteiger partial charge is 2.00 e. The van der Waals surface area contributed by atoms with Gasteiger partial charge in [-0.2, -0.15) is 0 Å². The van der Waals surface area contributed by atoms with Crippen LogP contribution in [0.5, 0.6) is 0 Å². The maximum atomic E-state index is 6.47. The summed E-state index contributed by atoms with van der Waals surface area (Å²) in [6.45, 7) is 0. The van der Waals surface area contributed by atoms with Crippen LogP contribution in [0.2, 0.25) is 0 Å². The van der Waals surface area contributed by atoms with Crippen molar-refractivity contribution in [3.63, 3.8) is 0 Å². The molecule has 0 aliphatic rings. The Morgan fingerprint density at radius 2 is 1.45 bits per heavy atom. The van der Waals surface area contributed by atoms with Crippen molar-refractivity contribution in [2.24, 2.45) is 0 Å². The van der Waals surface area contributed by atoms with Gasteiger partial charge in [-0.1, -0.05) is 8.64 Å². The van der Waals surface area contributed by atoms with Crippen LogP contribution in [-0.2, 0) is 42.3 Å². The second-order valence-corrected chi connectivity index (χ2v) is 3.08. The van der Waals surface area contributed by atoms with E-state index in [-0.39, 0.29) is 39.8 Å². The molecule has 0 aromatic carbocycles. The number of thiocarbonyl (C=S) groups is 2. The van der Waals surface area contributed by atoms with Crippen molar-refractivity contribution in [2.75, 3.05) is 14.0 Å². The molecule has 0 rings (SSSR count). The first-order valence-corrected chi connectivity index (χ1v) is 3.66. The first kappa shape index (κ1) is 11.7. The van der Waals surface area contributed by atoms with Gasteiger partial charge in [-0.05, 0) is 0 Å². The number of hydrogen-bond acceptors (Lipinski definition) is 4. The third-order valence-electron chi connectivity index (χ3n) is 0.289. The molecule has 0 saturated heterocycles. The van der Waals surface area contributed by atoms with Gasteiger partial charge in [-0.25, -0.2) is 0 Å². The van der Waals surface area contributed by atoms with Gasteiger partial charge in [0, 0.05) is 16.8 Å². The molecule has 0 unspecified atom stereocenters. The van der Waals surface area contributed by atoms with E-state index in [1.807, 2.05) is 0 Å². The zero-order chi connectivity index (χ0) is 9.98. The van der Waals surface area contributed by atoms with Gasteiger partial charge in [0.05, 0.1) is 0 Å². The van der Waals surface area contributed by atoms with Gasteiger partial charge in [0.2, 0.25) is 0 Å². The van der Waals surface area contributed by atoms with Gasteiger partial charge in [-0.15, -0.1) is 0 Å². The Labute approximate surface area is 102 Å². The van der Waals surface area contributed by atoms with Crippen LogP contribution in [-0.4, -0.2) is 22.7 Å². The Hall–Kier alpha value is 0.739. The van der Waals surface area contributed by atoms with Crippen LogP contribution in [0.25, 0.3) is 0 Å². The van der Waals surface area contributed by atoms with E-state index >= 15 is 0 Å². The minimum absolute atomic E-state index is 0. The maximum Gasteiger partial charge on any atom is 2.00 e. The summed E-state index contributed by atoms with van der Waals surface area (Å²) in [4.78, 5) is 0. The molecule has 0 amide bonds. The molecule has 2 nitrogen and oxygen atoms in total. The Morgan fingerprint density at radius 1 is 1.18 bits per heavy atom. The monoisotopic (exact) mass is 270 g/mol. The van der Waals surface area contributed by atoms with Gasteiger partial charge in [0.15, 0.2) is 0 Å². The SMILES string of the molecule is [2H]CNC(=S)[S-].[2H]CNC(=S)[S-].[Fe+2]. The molecule has 0 heterocycles. The Morgan fingerprint density at radius 3 is 1.45 bits per heavy atom. The second kappa shape index (κ2) is 13.3. The van der Waals surface area contributed by atoms with E-state index in [1.54, 1.807) is 0 Å². The van der Waals surface area contributed by atoms with Crippen LogP contribution in [0, 0.1) is 0 Å². The van der Waals surface area contributed by atoms with Crippen LogP contribution in [0.15, 0.2) is 0 Å². The standard InChI is InChI=1S/2C2H5NS2.Fe/c2*1-3-2(4)5;/h2*1H3,(H2,3,4,5);/q;;+2/p-2/i2*1D;. The second-order valence-electron chi connectivity index (χ2n) is 0.928. The van der Waals surface area contributed by atoms with Gasteiger partial charge in [0.1, 0.15) is 0 Å². The normalized spacial score (nSPS) is 8.36. The Balaban J connectivity index is -0.000000143. The van der Waals surface area contributed by atoms with Crippen LogP contribution < -0.4 is 10.6 Å². The molecule has 0 spiro atoms. The third kappa shape index (κ3) is 36.5. The molecule has 0 aromatic heterocycles. The fourth-order valence-electron chi connectivity index (χ4n) is 0. The van der Waals surface area contributed by atoms with Gasteiger partial charge in [-0.3, -0.25) is 0 Å². The third-order valence-corrected chi connectivity index (χ3v) is 0.866. The minimum atomic E-state index is 0. The molecule has 0 bridgehead atoms. The van der Waals surface area contributed by atoms with Crippen molar-refractivity contribution in [3.05, 3.63) is 0 Å². The van der Waals surface area contributed by atoms with Gasteiger partial charge >= 0.3 is 17.1 Å². The van der Waals surface area contributed by atoms with Gasteiger partial charge in [0.25, 0.3) is 0 Å². The molecule has 0 fully saturated rings. The summed E-state index contributed by atoms with van der Waals surface area (Å²) < 4.78 is 13.5. The molecule has 66 valence electrons. The van der Waals surface area contributed by atoms with Crippen molar-refractivity contribution in [1.82, 2.24) is 10.6 Å². The Kier molecular flexibility index (Phi) is 14.2. The molecule has 0 aliphatic carbocycles. The summed E-state index contributed by atoms with van der Waals surface area (Å²) >= 11 is 17.5. The Bertz CT molecular complexity index is 132. The summed E-state index contributed by atoms with van der Waals surface area (Å²) in [7, 11) is 0.171. The summed E-state index contributed by atoms with van der Waals surface area (Å²) in [6.07, 6.45) is 0. The fourth-order valence-corrected chi connectivity index (χ4v) is 0. The summed E-state index contributed by atoms with van der Waals surface area (Å²) in [5.74, 6) is 0. The fraction of sp³-hybridized carbons (Fsp3) is 0.500. The number of nitrogens with one attached hydrogen (secondary N) is 2. The predicted octanol–water partition coefficient (Wildman–Crippen LogP) is 0.0727. The van der Waals surface area contributed by atoms with E-state index < -0.39 is 0 Å². The van der Waals surface area contributed by atoms with Crippen molar-refractivity contribution < 1.29 is 19.8 Å². The molecular weight excluding hydrogens is 260 g/mol. The molecular formula is C4H8FeN2S4. The van der Waals surface area contributed by atoms with E-state index in [1.165, 1.54) is 0 Å². The zero-order valence-corrected chi connectivity index (χ0v) is 9.77. The molecule has 7 heteroatoms. The molecule has 0 radical (unpaired) electrons. The summed E-state index contributed by atoms with van der Waals surface area (Å²) in [5.41, 5.74) is 0.